The van der Waals surface area contributed by atoms with Gasteiger partial charge in [0.05, 0.1) is 11.0 Å². The maximum Gasteiger partial charge on any atom is 0.267 e. The molecular weight excluding hydrogens is 336 g/mol. The van der Waals surface area contributed by atoms with Crippen molar-refractivity contribution in [1.29, 1.82) is 0 Å². The van der Waals surface area contributed by atoms with Crippen LogP contribution in [0.25, 0.3) is 21.8 Å². The number of carbonyl (C=O) groups excluding carboxylic acids is 1. The monoisotopic (exact) mass is 358 g/mol. The average molecular weight is 358 g/mol. The van der Waals surface area contributed by atoms with Gasteiger partial charge in [-0.3, -0.25) is 9.78 Å². The smallest absolute Gasteiger partial charge is 0.267 e. The van der Waals surface area contributed by atoms with Crippen LogP contribution in [0.4, 0.5) is 0 Å². The van der Waals surface area contributed by atoms with Gasteiger partial charge in [-0.05, 0) is 24.7 Å². The van der Waals surface area contributed by atoms with Crippen molar-refractivity contribution in [3.8, 4) is 0 Å². The number of fused-ring (bicyclic) bond motifs is 3. The number of benzene rings is 2. The zero-order valence-corrected chi connectivity index (χ0v) is 15.3. The van der Waals surface area contributed by atoms with Gasteiger partial charge >= 0.3 is 0 Å². The van der Waals surface area contributed by atoms with Gasteiger partial charge in [-0.2, -0.15) is 0 Å². The van der Waals surface area contributed by atoms with Gasteiger partial charge in [0.25, 0.3) is 5.91 Å². The lowest BCUT2D eigenvalue weighted by Gasteiger charge is -2.16. The highest BCUT2D eigenvalue weighted by molar-refractivity contribution is 6.07. The van der Waals surface area contributed by atoms with E-state index in [2.05, 4.69) is 39.4 Å². The summed E-state index contributed by atoms with van der Waals surface area (Å²) in [6.07, 6.45) is 1.77. The van der Waals surface area contributed by atoms with Crippen LogP contribution in [0.5, 0.6) is 0 Å². The molecular formula is C22H22N4O. The number of aromatic amines is 1. The number of carbonyl (C=O) groups is 1. The van der Waals surface area contributed by atoms with Gasteiger partial charge in [-0.15, -0.1) is 0 Å². The molecule has 2 aromatic heterocycles. The number of nitrogens with zero attached hydrogens (tertiary/aromatic N) is 2. The van der Waals surface area contributed by atoms with E-state index in [1.807, 2.05) is 48.5 Å². The largest absolute Gasteiger partial charge is 0.349 e. The Bertz CT molecular complexity index is 1070. The fourth-order valence-electron chi connectivity index (χ4n) is 3.29. The first kappa shape index (κ1) is 17.2. The lowest BCUT2D eigenvalue weighted by molar-refractivity contribution is 0.0945. The lowest BCUT2D eigenvalue weighted by atomic mass is 10.1. The third-order valence-electron chi connectivity index (χ3n) is 4.69. The molecule has 0 atom stereocenters. The number of hydrogen-bond donors (Lipinski definition) is 2. The Labute approximate surface area is 158 Å². The molecule has 0 aliphatic carbocycles. The number of likely N-dealkylation sites (N-methyl/N-ethyl adjacent to an activating group) is 1. The molecule has 4 rings (SSSR count). The van der Waals surface area contributed by atoms with Gasteiger partial charge in [0.2, 0.25) is 0 Å². The number of amides is 1. The second-order valence-electron chi connectivity index (χ2n) is 6.77. The Hall–Kier alpha value is -3.18. The standard InChI is InChI=1S/C22H22N4O/c1-26(15-16-6-3-2-4-7-16)13-12-24-22(27)19-14-18-10-9-17-8-5-11-23-20(17)21(18)25-19/h2-11,14,25H,12-13,15H2,1H3,(H,24,27). The maximum atomic E-state index is 12.5. The van der Waals surface area contributed by atoms with Crippen molar-refractivity contribution >= 4 is 27.7 Å². The van der Waals surface area contributed by atoms with E-state index in [0.29, 0.717) is 12.2 Å². The van der Waals surface area contributed by atoms with Crippen LogP contribution in [0, 0.1) is 0 Å². The molecule has 0 aliphatic heterocycles. The van der Waals surface area contributed by atoms with Gasteiger partial charge in [0.1, 0.15) is 5.69 Å². The van der Waals surface area contributed by atoms with Crippen molar-refractivity contribution < 1.29 is 4.79 Å². The number of rotatable bonds is 6. The Kier molecular flexibility index (Phi) is 4.85. The lowest BCUT2D eigenvalue weighted by Crippen LogP contribution is -2.32. The first-order chi connectivity index (χ1) is 13.2. The molecule has 1 amide bonds. The van der Waals surface area contributed by atoms with E-state index in [-0.39, 0.29) is 5.91 Å². The van der Waals surface area contributed by atoms with Gasteiger partial charge in [-0.1, -0.05) is 48.5 Å². The quantitative estimate of drug-likeness (QED) is 0.554. The molecule has 5 nitrogen and oxygen atoms in total. The third-order valence-corrected chi connectivity index (χ3v) is 4.69. The zero-order valence-electron chi connectivity index (χ0n) is 15.3. The van der Waals surface area contributed by atoms with Gasteiger partial charge in [0.15, 0.2) is 0 Å². The van der Waals surface area contributed by atoms with Gasteiger partial charge < -0.3 is 15.2 Å². The molecule has 2 heterocycles. The number of aromatic nitrogens is 2. The Morgan fingerprint density at radius 3 is 2.74 bits per heavy atom. The van der Waals surface area contributed by atoms with Crippen LogP contribution >= 0.6 is 0 Å². The summed E-state index contributed by atoms with van der Waals surface area (Å²) in [7, 11) is 2.06. The van der Waals surface area contributed by atoms with Crippen LogP contribution < -0.4 is 5.32 Å². The Balaban J connectivity index is 1.39. The molecule has 4 aromatic rings. The van der Waals surface area contributed by atoms with E-state index in [1.165, 1.54) is 5.56 Å². The van der Waals surface area contributed by atoms with Crippen molar-refractivity contribution in [3.63, 3.8) is 0 Å². The number of pyridine rings is 1. The number of nitrogens with one attached hydrogen (secondary N) is 2. The summed E-state index contributed by atoms with van der Waals surface area (Å²) in [5.41, 5.74) is 3.62. The van der Waals surface area contributed by atoms with Crippen LogP contribution in [0.3, 0.4) is 0 Å². The summed E-state index contributed by atoms with van der Waals surface area (Å²) in [5.74, 6) is -0.0941. The molecule has 0 radical (unpaired) electrons. The van der Waals surface area contributed by atoms with Crippen molar-refractivity contribution in [2.45, 2.75) is 6.54 Å². The summed E-state index contributed by atoms with van der Waals surface area (Å²) in [6.45, 7) is 2.24. The van der Waals surface area contributed by atoms with Crippen LogP contribution in [0.15, 0.2) is 66.9 Å². The summed E-state index contributed by atoms with van der Waals surface area (Å²) < 4.78 is 0. The van der Waals surface area contributed by atoms with Crippen molar-refractivity contribution in [3.05, 3.63) is 78.1 Å². The Morgan fingerprint density at radius 1 is 1.07 bits per heavy atom. The number of hydrogen-bond acceptors (Lipinski definition) is 3. The van der Waals surface area contributed by atoms with E-state index < -0.39 is 0 Å². The summed E-state index contributed by atoms with van der Waals surface area (Å²) in [5, 5.41) is 5.04. The summed E-state index contributed by atoms with van der Waals surface area (Å²) >= 11 is 0. The predicted molar refractivity (Wildman–Crippen MR) is 109 cm³/mol. The predicted octanol–water partition coefficient (Wildman–Crippen LogP) is 3.58. The topological polar surface area (TPSA) is 61.0 Å². The highest BCUT2D eigenvalue weighted by atomic mass is 16.1. The summed E-state index contributed by atoms with van der Waals surface area (Å²) in [6, 6.07) is 20.2. The van der Waals surface area contributed by atoms with Crippen LogP contribution in [0.2, 0.25) is 0 Å². The van der Waals surface area contributed by atoms with E-state index in [0.717, 1.165) is 34.9 Å². The molecule has 136 valence electrons. The van der Waals surface area contributed by atoms with Crippen LogP contribution in [-0.4, -0.2) is 40.9 Å². The molecule has 0 unspecified atom stereocenters. The Morgan fingerprint density at radius 2 is 1.89 bits per heavy atom. The summed E-state index contributed by atoms with van der Waals surface area (Å²) in [4.78, 5) is 22.4. The number of H-pyrrole nitrogens is 1. The van der Waals surface area contributed by atoms with Crippen molar-refractivity contribution in [2.75, 3.05) is 20.1 Å². The van der Waals surface area contributed by atoms with Crippen molar-refractivity contribution in [1.82, 2.24) is 20.2 Å². The van der Waals surface area contributed by atoms with Gasteiger partial charge in [-0.25, -0.2) is 0 Å². The molecule has 0 bridgehead atoms. The highest BCUT2D eigenvalue weighted by Crippen LogP contribution is 2.23. The molecule has 0 spiro atoms. The molecule has 2 aromatic carbocycles. The van der Waals surface area contributed by atoms with Crippen molar-refractivity contribution in [2.24, 2.45) is 0 Å². The van der Waals surface area contributed by atoms with E-state index >= 15 is 0 Å². The molecule has 27 heavy (non-hydrogen) atoms. The molecule has 2 N–H and O–H groups in total. The molecule has 0 fully saturated rings. The zero-order chi connectivity index (χ0) is 18.6. The fourth-order valence-corrected chi connectivity index (χ4v) is 3.29. The minimum absolute atomic E-state index is 0.0941. The van der Waals surface area contributed by atoms with Crippen LogP contribution in [0.1, 0.15) is 16.1 Å². The minimum Gasteiger partial charge on any atom is -0.349 e. The van der Waals surface area contributed by atoms with E-state index in [9.17, 15) is 4.79 Å². The minimum atomic E-state index is -0.0941. The molecule has 0 saturated carbocycles. The third kappa shape index (κ3) is 3.83. The van der Waals surface area contributed by atoms with E-state index in [1.54, 1.807) is 6.20 Å². The second kappa shape index (κ2) is 7.60. The molecule has 0 saturated heterocycles. The SMILES string of the molecule is CN(CCNC(=O)c1cc2ccc3cccnc3c2[nH]1)Cc1ccccc1. The van der Waals surface area contributed by atoms with Gasteiger partial charge in [0, 0.05) is 36.6 Å². The highest BCUT2D eigenvalue weighted by Gasteiger charge is 2.11. The normalized spacial score (nSPS) is 11.3. The molecule has 0 aliphatic rings. The average Bonchev–Trinajstić information content (AvgIpc) is 3.14. The first-order valence-electron chi connectivity index (χ1n) is 9.08. The van der Waals surface area contributed by atoms with E-state index in [4.69, 9.17) is 0 Å². The molecule has 5 heteroatoms. The van der Waals surface area contributed by atoms with Crippen LogP contribution in [-0.2, 0) is 6.54 Å². The second-order valence-corrected chi connectivity index (χ2v) is 6.77. The fraction of sp³-hybridized carbons (Fsp3) is 0.182. The first-order valence-corrected chi connectivity index (χ1v) is 9.08. The maximum absolute atomic E-state index is 12.5.